The highest BCUT2D eigenvalue weighted by atomic mass is 32.1. The molecule has 0 saturated heterocycles. The summed E-state index contributed by atoms with van der Waals surface area (Å²) in [4.78, 5) is 0. The maximum Gasteiger partial charge on any atom is 0.0598 e. The highest BCUT2D eigenvalue weighted by molar-refractivity contribution is 7.82. The fourth-order valence-electron chi connectivity index (χ4n) is 3.67. The molecule has 0 unspecified atom stereocenters. The first kappa shape index (κ1) is 15.6. The van der Waals surface area contributed by atoms with E-state index in [1.807, 2.05) is 0 Å². The maximum atomic E-state index is 9.34. The molecule has 0 aromatic carbocycles. The van der Waals surface area contributed by atoms with Crippen molar-refractivity contribution < 1.29 is 5.21 Å². The smallest absolute Gasteiger partial charge is 0.0598 e. The van der Waals surface area contributed by atoms with Crippen LogP contribution in [-0.4, -0.2) is 20.4 Å². The molecule has 0 spiro atoms. The molecule has 0 aromatic heterocycles. The molecule has 2 saturated carbocycles. The lowest BCUT2D eigenvalue weighted by molar-refractivity contribution is 0.309. The van der Waals surface area contributed by atoms with Crippen LogP contribution in [0.25, 0.3) is 0 Å². The van der Waals surface area contributed by atoms with E-state index in [-0.39, 0.29) is 9.49 Å². The van der Waals surface area contributed by atoms with Gasteiger partial charge in [0.25, 0.3) is 0 Å². The van der Waals surface area contributed by atoms with Crippen LogP contribution in [0.15, 0.2) is 5.16 Å². The van der Waals surface area contributed by atoms with Gasteiger partial charge in [-0.2, -0.15) is 25.3 Å². The van der Waals surface area contributed by atoms with Gasteiger partial charge in [0.15, 0.2) is 0 Å². The van der Waals surface area contributed by atoms with Crippen LogP contribution < -0.4 is 0 Å². The van der Waals surface area contributed by atoms with E-state index in [4.69, 9.17) is 25.3 Å². The van der Waals surface area contributed by atoms with Crippen LogP contribution in [0, 0.1) is 0 Å². The molecular weight excluding hydrogens is 274 g/mol. The average Bonchev–Trinajstić information content (AvgIpc) is 2.39. The van der Waals surface area contributed by atoms with E-state index in [2.05, 4.69) is 5.16 Å². The van der Waals surface area contributed by atoms with Crippen LogP contribution in [0.1, 0.15) is 77.0 Å². The van der Waals surface area contributed by atoms with Crippen molar-refractivity contribution >= 4 is 31.0 Å². The number of hydrogen-bond acceptors (Lipinski definition) is 4. The molecular formula is C15H27NOS2. The Morgan fingerprint density at radius 2 is 1.16 bits per heavy atom. The van der Waals surface area contributed by atoms with Gasteiger partial charge in [-0.3, -0.25) is 0 Å². The van der Waals surface area contributed by atoms with Gasteiger partial charge in [0.1, 0.15) is 0 Å². The summed E-state index contributed by atoms with van der Waals surface area (Å²) in [6, 6.07) is 0. The van der Waals surface area contributed by atoms with Crippen LogP contribution in [0.4, 0.5) is 0 Å². The lowest BCUT2D eigenvalue weighted by Crippen LogP contribution is -2.33. The first-order valence-corrected chi connectivity index (χ1v) is 8.59. The zero-order valence-corrected chi connectivity index (χ0v) is 13.6. The van der Waals surface area contributed by atoms with Gasteiger partial charge in [-0.1, -0.05) is 43.7 Å². The first-order valence-electron chi connectivity index (χ1n) is 7.70. The van der Waals surface area contributed by atoms with Gasteiger partial charge in [-0.15, -0.1) is 0 Å². The first-order chi connectivity index (χ1) is 9.05. The molecule has 2 aliphatic rings. The second-order valence-electron chi connectivity index (χ2n) is 6.59. The molecule has 2 aliphatic carbocycles. The molecule has 1 N–H and O–H groups in total. The van der Waals surface area contributed by atoms with E-state index < -0.39 is 0 Å². The molecule has 19 heavy (non-hydrogen) atoms. The summed E-state index contributed by atoms with van der Waals surface area (Å²) in [7, 11) is 0. The zero-order chi connectivity index (χ0) is 13.8. The predicted octanol–water partition coefficient (Wildman–Crippen LogP) is 4.86. The third-order valence-corrected chi connectivity index (χ3v) is 5.99. The minimum absolute atomic E-state index is 0.0542. The fraction of sp³-hybridized carbons (Fsp3) is 0.933. The fourth-order valence-corrected chi connectivity index (χ4v) is 4.66. The Morgan fingerprint density at radius 1 is 0.789 bits per heavy atom. The number of nitrogens with zero attached hydrogens (tertiary/aromatic N) is 1. The number of hydrogen-bond donors (Lipinski definition) is 3. The SMILES string of the molecule is ON=C(CC1(S)CCCCC1)CC1(S)CCCCC1. The van der Waals surface area contributed by atoms with Crippen molar-refractivity contribution in [2.24, 2.45) is 5.16 Å². The van der Waals surface area contributed by atoms with Gasteiger partial charge in [0, 0.05) is 22.3 Å². The lowest BCUT2D eigenvalue weighted by Gasteiger charge is -2.36. The van der Waals surface area contributed by atoms with Crippen molar-refractivity contribution in [3.8, 4) is 0 Å². The number of rotatable bonds is 4. The standard InChI is InChI=1S/C15H27NOS2/c17-16-13(11-14(18)7-3-1-4-8-14)12-15(19)9-5-2-6-10-15/h17-19H,1-12H2. The number of thiol groups is 2. The van der Waals surface area contributed by atoms with Crippen molar-refractivity contribution in [1.82, 2.24) is 0 Å². The molecule has 0 bridgehead atoms. The summed E-state index contributed by atoms with van der Waals surface area (Å²) in [5.74, 6) is 0. The van der Waals surface area contributed by atoms with Gasteiger partial charge in [-0.05, 0) is 25.7 Å². The van der Waals surface area contributed by atoms with Crippen LogP contribution in [0.5, 0.6) is 0 Å². The zero-order valence-electron chi connectivity index (χ0n) is 11.8. The van der Waals surface area contributed by atoms with Crippen LogP contribution in [0.3, 0.4) is 0 Å². The van der Waals surface area contributed by atoms with Crippen molar-refractivity contribution in [1.29, 1.82) is 0 Å². The quantitative estimate of drug-likeness (QED) is 0.294. The summed E-state index contributed by atoms with van der Waals surface area (Å²) in [5.41, 5.74) is 0.911. The van der Waals surface area contributed by atoms with Gasteiger partial charge < -0.3 is 5.21 Å². The predicted molar refractivity (Wildman–Crippen MR) is 88.1 cm³/mol. The molecule has 2 rings (SSSR count). The van der Waals surface area contributed by atoms with Gasteiger partial charge in [-0.25, -0.2) is 0 Å². The minimum atomic E-state index is 0.0542. The second-order valence-corrected chi connectivity index (χ2v) is 8.49. The van der Waals surface area contributed by atoms with Crippen LogP contribution in [0.2, 0.25) is 0 Å². The van der Waals surface area contributed by atoms with E-state index in [0.29, 0.717) is 0 Å². The molecule has 0 heterocycles. The highest BCUT2D eigenvalue weighted by Gasteiger charge is 2.34. The Kier molecular flexibility index (Phi) is 5.53. The Bertz CT molecular complexity index is 290. The van der Waals surface area contributed by atoms with E-state index in [9.17, 15) is 5.21 Å². The third kappa shape index (κ3) is 4.59. The van der Waals surface area contributed by atoms with Crippen molar-refractivity contribution in [3.05, 3.63) is 0 Å². The summed E-state index contributed by atoms with van der Waals surface area (Å²) in [6.45, 7) is 0. The Balaban J connectivity index is 1.92. The van der Waals surface area contributed by atoms with Gasteiger partial charge in [0.05, 0.1) is 5.71 Å². The molecule has 0 aromatic rings. The summed E-state index contributed by atoms with van der Waals surface area (Å²) < 4.78 is 0.108. The van der Waals surface area contributed by atoms with Gasteiger partial charge in [0.2, 0.25) is 0 Å². The van der Waals surface area contributed by atoms with Crippen LogP contribution in [-0.2, 0) is 0 Å². The number of oxime groups is 1. The molecule has 2 nitrogen and oxygen atoms in total. The second kappa shape index (κ2) is 6.75. The molecule has 0 atom stereocenters. The molecule has 0 amide bonds. The normalized spacial score (nSPS) is 25.8. The topological polar surface area (TPSA) is 32.6 Å². The van der Waals surface area contributed by atoms with Crippen LogP contribution >= 0.6 is 25.3 Å². The summed E-state index contributed by atoms with van der Waals surface area (Å²) >= 11 is 9.74. The lowest BCUT2D eigenvalue weighted by atomic mass is 9.80. The van der Waals surface area contributed by atoms with E-state index in [0.717, 1.165) is 44.2 Å². The maximum absolute atomic E-state index is 9.34. The summed E-state index contributed by atoms with van der Waals surface area (Å²) in [5, 5.41) is 12.9. The minimum Gasteiger partial charge on any atom is -0.411 e. The largest absolute Gasteiger partial charge is 0.411 e. The monoisotopic (exact) mass is 301 g/mol. The van der Waals surface area contributed by atoms with Crippen molar-refractivity contribution in [2.75, 3.05) is 0 Å². The van der Waals surface area contributed by atoms with Crippen molar-refractivity contribution in [3.63, 3.8) is 0 Å². The Labute approximate surface area is 128 Å². The highest BCUT2D eigenvalue weighted by Crippen LogP contribution is 2.41. The van der Waals surface area contributed by atoms with Crippen molar-refractivity contribution in [2.45, 2.75) is 86.5 Å². The van der Waals surface area contributed by atoms with E-state index >= 15 is 0 Å². The Hall–Kier alpha value is 0.170. The Morgan fingerprint density at radius 3 is 1.47 bits per heavy atom. The average molecular weight is 302 g/mol. The third-order valence-electron chi connectivity index (χ3n) is 4.78. The molecule has 4 heteroatoms. The van der Waals surface area contributed by atoms with E-state index in [1.54, 1.807) is 0 Å². The van der Waals surface area contributed by atoms with Gasteiger partial charge >= 0.3 is 0 Å². The molecule has 2 fully saturated rings. The molecule has 0 radical (unpaired) electrons. The molecule has 0 aliphatic heterocycles. The van der Waals surface area contributed by atoms with E-state index in [1.165, 1.54) is 38.5 Å². The molecule has 110 valence electrons. The summed E-state index contributed by atoms with van der Waals surface area (Å²) in [6.07, 6.45) is 13.9.